The SMILES string of the molecule is N#Cc1ccc(Cl)cc1NC1CCC(N2C(=O)CCC2=O)CC1. The summed E-state index contributed by atoms with van der Waals surface area (Å²) in [6, 6.07) is 7.59. The molecule has 0 bridgehead atoms. The summed E-state index contributed by atoms with van der Waals surface area (Å²) < 4.78 is 0. The van der Waals surface area contributed by atoms with Crippen LogP contribution in [0.5, 0.6) is 0 Å². The maximum Gasteiger partial charge on any atom is 0.229 e. The smallest absolute Gasteiger partial charge is 0.229 e. The Morgan fingerprint density at radius 2 is 1.78 bits per heavy atom. The summed E-state index contributed by atoms with van der Waals surface area (Å²) in [5.41, 5.74) is 1.32. The number of benzene rings is 1. The first-order valence-electron chi connectivity index (χ1n) is 7.89. The van der Waals surface area contributed by atoms with Crippen LogP contribution < -0.4 is 5.32 Å². The van der Waals surface area contributed by atoms with Gasteiger partial charge in [-0.1, -0.05) is 11.6 Å². The van der Waals surface area contributed by atoms with Crippen LogP contribution >= 0.6 is 11.6 Å². The van der Waals surface area contributed by atoms with Gasteiger partial charge in [-0.25, -0.2) is 0 Å². The lowest BCUT2D eigenvalue weighted by Gasteiger charge is -2.34. The lowest BCUT2D eigenvalue weighted by Crippen LogP contribution is -2.43. The number of anilines is 1. The minimum Gasteiger partial charge on any atom is -0.381 e. The minimum atomic E-state index is -0.0342. The highest BCUT2D eigenvalue weighted by atomic mass is 35.5. The number of amides is 2. The Morgan fingerprint density at radius 1 is 1.13 bits per heavy atom. The highest BCUT2D eigenvalue weighted by molar-refractivity contribution is 6.30. The second-order valence-electron chi connectivity index (χ2n) is 6.11. The van der Waals surface area contributed by atoms with Gasteiger partial charge < -0.3 is 5.32 Å². The predicted octanol–water partition coefficient (Wildman–Crippen LogP) is 3.08. The van der Waals surface area contributed by atoms with Crippen molar-refractivity contribution in [3.05, 3.63) is 28.8 Å². The zero-order chi connectivity index (χ0) is 16.4. The van der Waals surface area contributed by atoms with E-state index in [4.69, 9.17) is 16.9 Å². The Kier molecular flexibility index (Phi) is 4.53. The summed E-state index contributed by atoms with van der Waals surface area (Å²) in [7, 11) is 0. The van der Waals surface area contributed by atoms with Crippen LogP contribution in [0, 0.1) is 11.3 Å². The van der Waals surface area contributed by atoms with Crippen LogP contribution in [0.1, 0.15) is 44.1 Å². The fourth-order valence-corrected chi connectivity index (χ4v) is 3.60. The zero-order valence-corrected chi connectivity index (χ0v) is 13.5. The molecular formula is C17H18ClN3O2. The highest BCUT2D eigenvalue weighted by Crippen LogP contribution is 2.30. The van der Waals surface area contributed by atoms with Crippen LogP contribution in [0.2, 0.25) is 5.02 Å². The molecule has 0 aromatic heterocycles. The summed E-state index contributed by atoms with van der Waals surface area (Å²) in [5.74, 6) is -0.0685. The Hall–Kier alpha value is -2.06. The molecule has 23 heavy (non-hydrogen) atoms. The first kappa shape index (κ1) is 15.8. The van der Waals surface area contributed by atoms with Crippen LogP contribution in [-0.2, 0) is 9.59 Å². The predicted molar refractivity (Wildman–Crippen MR) is 86.9 cm³/mol. The topological polar surface area (TPSA) is 73.2 Å². The fourth-order valence-electron chi connectivity index (χ4n) is 3.43. The van der Waals surface area contributed by atoms with Crippen molar-refractivity contribution in [2.45, 2.75) is 50.6 Å². The van der Waals surface area contributed by atoms with Crippen LogP contribution in [0.4, 0.5) is 5.69 Å². The Labute approximate surface area is 140 Å². The second-order valence-corrected chi connectivity index (χ2v) is 6.55. The van der Waals surface area contributed by atoms with E-state index in [-0.39, 0.29) is 23.9 Å². The molecule has 3 rings (SSSR count). The third-order valence-electron chi connectivity index (χ3n) is 4.61. The van der Waals surface area contributed by atoms with E-state index in [1.54, 1.807) is 18.2 Å². The molecule has 1 saturated carbocycles. The van der Waals surface area contributed by atoms with Gasteiger partial charge in [-0.2, -0.15) is 5.26 Å². The molecular weight excluding hydrogens is 314 g/mol. The van der Waals surface area contributed by atoms with Gasteiger partial charge in [0.1, 0.15) is 6.07 Å². The lowest BCUT2D eigenvalue weighted by atomic mass is 9.90. The molecule has 1 aromatic rings. The van der Waals surface area contributed by atoms with E-state index in [2.05, 4.69) is 11.4 Å². The van der Waals surface area contributed by atoms with Gasteiger partial charge in [-0.3, -0.25) is 14.5 Å². The summed E-state index contributed by atoms with van der Waals surface area (Å²) in [6.07, 6.45) is 4.03. The number of nitrogens with one attached hydrogen (secondary N) is 1. The number of carbonyl (C=O) groups excluding carboxylic acids is 2. The average molecular weight is 332 g/mol. The number of hydrogen-bond acceptors (Lipinski definition) is 4. The van der Waals surface area contributed by atoms with Crippen LogP contribution in [-0.4, -0.2) is 28.8 Å². The van der Waals surface area contributed by atoms with Gasteiger partial charge >= 0.3 is 0 Å². The molecule has 2 fully saturated rings. The van der Waals surface area contributed by atoms with Crippen molar-refractivity contribution >= 4 is 29.1 Å². The third-order valence-corrected chi connectivity index (χ3v) is 4.85. The lowest BCUT2D eigenvalue weighted by molar-refractivity contribution is -0.141. The van der Waals surface area contributed by atoms with Crippen molar-refractivity contribution in [1.82, 2.24) is 4.90 Å². The molecule has 2 aliphatic rings. The standard InChI is InChI=1S/C17H18ClN3O2/c18-12-2-1-11(10-19)15(9-12)20-13-3-5-14(6-4-13)21-16(22)7-8-17(21)23/h1-2,9,13-14,20H,3-8H2. The maximum absolute atomic E-state index is 11.8. The van der Waals surface area contributed by atoms with Gasteiger partial charge in [0.05, 0.1) is 11.3 Å². The first-order chi connectivity index (χ1) is 11.1. The Bertz CT molecular complexity index is 659. The van der Waals surface area contributed by atoms with Crippen molar-refractivity contribution in [2.24, 2.45) is 0 Å². The van der Waals surface area contributed by atoms with Gasteiger partial charge in [-0.15, -0.1) is 0 Å². The van der Waals surface area contributed by atoms with Crippen molar-refractivity contribution in [1.29, 1.82) is 5.26 Å². The molecule has 2 amide bonds. The van der Waals surface area contributed by atoms with Gasteiger partial charge in [-0.05, 0) is 43.9 Å². The number of rotatable bonds is 3. The fraction of sp³-hybridized carbons (Fsp3) is 0.471. The zero-order valence-electron chi connectivity index (χ0n) is 12.7. The number of likely N-dealkylation sites (tertiary alicyclic amines) is 1. The minimum absolute atomic E-state index is 0.0327. The van der Waals surface area contributed by atoms with E-state index in [1.165, 1.54) is 4.90 Å². The van der Waals surface area contributed by atoms with E-state index < -0.39 is 0 Å². The number of halogens is 1. The average Bonchev–Trinajstić information content (AvgIpc) is 2.87. The van der Waals surface area contributed by atoms with Gasteiger partial charge in [0, 0.05) is 29.9 Å². The van der Waals surface area contributed by atoms with Gasteiger partial charge in [0.25, 0.3) is 0 Å². The van der Waals surface area contributed by atoms with E-state index in [9.17, 15) is 9.59 Å². The monoisotopic (exact) mass is 331 g/mol. The molecule has 5 nitrogen and oxygen atoms in total. The number of imide groups is 1. The van der Waals surface area contributed by atoms with Gasteiger partial charge in [0.2, 0.25) is 11.8 Å². The third kappa shape index (κ3) is 3.32. The largest absolute Gasteiger partial charge is 0.381 e. The summed E-state index contributed by atoms with van der Waals surface area (Å²) in [5, 5.41) is 13.1. The quantitative estimate of drug-likeness (QED) is 0.864. The molecule has 0 spiro atoms. The van der Waals surface area contributed by atoms with Crippen molar-refractivity contribution in [2.75, 3.05) is 5.32 Å². The van der Waals surface area contributed by atoms with E-state index in [1.807, 2.05) is 0 Å². The number of hydrogen-bond donors (Lipinski definition) is 1. The molecule has 0 atom stereocenters. The number of carbonyl (C=O) groups is 2. The van der Waals surface area contributed by atoms with E-state index >= 15 is 0 Å². The number of nitriles is 1. The summed E-state index contributed by atoms with van der Waals surface area (Å²) in [6.45, 7) is 0. The first-order valence-corrected chi connectivity index (χ1v) is 8.27. The van der Waals surface area contributed by atoms with E-state index in [0.717, 1.165) is 31.4 Å². The van der Waals surface area contributed by atoms with Crippen molar-refractivity contribution in [3.8, 4) is 6.07 Å². The van der Waals surface area contributed by atoms with Crippen LogP contribution in [0.3, 0.4) is 0 Å². The molecule has 1 aliphatic heterocycles. The van der Waals surface area contributed by atoms with E-state index in [0.29, 0.717) is 23.4 Å². The molecule has 1 aromatic carbocycles. The van der Waals surface area contributed by atoms with Crippen molar-refractivity contribution in [3.63, 3.8) is 0 Å². The van der Waals surface area contributed by atoms with Crippen LogP contribution in [0.25, 0.3) is 0 Å². The van der Waals surface area contributed by atoms with Crippen LogP contribution in [0.15, 0.2) is 18.2 Å². The maximum atomic E-state index is 11.8. The molecule has 1 saturated heterocycles. The molecule has 1 heterocycles. The molecule has 6 heteroatoms. The Morgan fingerprint density at radius 3 is 2.39 bits per heavy atom. The van der Waals surface area contributed by atoms with Crippen molar-refractivity contribution < 1.29 is 9.59 Å². The molecule has 120 valence electrons. The highest BCUT2D eigenvalue weighted by Gasteiger charge is 2.36. The molecule has 0 radical (unpaired) electrons. The normalized spacial score (nSPS) is 24.6. The van der Waals surface area contributed by atoms with Gasteiger partial charge in [0.15, 0.2) is 0 Å². The molecule has 1 N–H and O–H groups in total. The Balaban J connectivity index is 1.62. The second kappa shape index (κ2) is 6.59. The number of nitrogens with zero attached hydrogens (tertiary/aromatic N) is 2. The molecule has 1 aliphatic carbocycles. The summed E-state index contributed by atoms with van der Waals surface area (Å²) in [4.78, 5) is 25.1. The summed E-state index contributed by atoms with van der Waals surface area (Å²) >= 11 is 6.00. The molecule has 0 unspecified atom stereocenters.